The number of hydrogen-bond donors (Lipinski definition) is 0. The summed E-state index contributed by atoms with van der Waals surface area (Å²) >= 11 is 0. The molecule has 1 radical (unpaired) electrons. The van der Waals surface area contributed by atoms with Gasteiger partial charge in [-0.3, -0.25) is 0 Å². The summed E-state index contributed by atoms with van der Waals surface area (Å²) in [6, 6.07) is 33.1. The largest absolute Gasteiger partial charge is 0.0801 e. The number of fused-ring (bicyclic) bond motifs is 3. The molecule has 4 aromatic rings. The van der Waals surface area contributed by atoms with Crippen molar-refractivity contribution in [3.05, 3.63) is 142 Å². The Bertz CT molecular complexity index is 1570. The van der Waals surface area contributed by atoms with Crippen LogP contribution < -0.4 is 15.6 Å². The molecular formula is C34H29Si. The van der Waals surface area contributed by atoms with Gasteiger partial charge in [-0.1, -0.05) is 123 Å². The first kappa shape index (κ1) is 21.8. The zero-order valence-electron chi connectivity index (χ0n) is 20.6. The maximum absolute atomic E-state index is 3.83. The van der Waals surface area contributed by atoms with Gasteiger partial charge < -0.3 is 0 Å². The predicted octanol–water partition coefficient (Wildman–Crippen LogP) is 6.51. The minimum absolute atomic E-state index is 0.984. The second-order valence-electron chi connectivity index (χ2n) is 10.4. The second kappa shape index (κ2) is 8.52. The Labute approximate surface area is 209 Å². The molecule has 169 valence electrons. The van der Waals surface area contributed by atoms with Gasteiger partial charge >= 0.3 is 0 Å². The van der Waals surface area contributed by atoms with E-state index in [4.69, 9.17) is 0 Å². The molecule has 0 atom stereocenters. The van der Waals surface area contributed by atoms with E-state index in [2.05, 4.69) is 135 Å². The van der Waals surface area contributed by atoms with Crippen LogP contribution in [0.25, 0.3) is 28.3 Å². The van der Waals surface area contributed by atoms with Gasteiger partial charge in [0.2, 0.25) is 0 Å². The second-order valence-corrected chi connectivity index (χ2v) is 15.4. The highest BCUT2D eigenvalue weighted by Gasteiger charge is 2.29. The van der Waals surface area contributed by atoms with Crippen molar-refractivity contribution in [1.82, 2.24) is 0 Å². The predicted molar refractivity (Wildman–Crippen MR) is 153 cm³/mol. The molecule has 0 amide bonds. The molecule has 0 nitrogen and oxygen atoms in total. The minimum Gasteiger partial charge on any atom is -0.0801 e. The SMILES string of the molecule is C[Si](C)(C)c1c(C2=CC=CC2)c2c(cc1=C(c1ccccc1)c1ccccc1)-c1ccccc1[C]=2. The van der Waals surface area contributed by atoms with E-state index in [9.17, 15) is 0 Å². The van der Waals surface area contributed by atoms with Crippen molar-refractivity contribution in [3.8, 4) is 11.1 Å². The van der Waals surface area contributed by atoms with E-state index in [1.807, 2.05) is 0 Å². The van der Waals surface area contributed by atoms with Crippen LogP contribution in [0.4, 0.5) is 0 Å². The highest BCUT2D eigenvalue weighted by atomic mass is 28.3. The van der Waals surface area contributed by atoms with Crippen LogP contribution in [0.5, 0.6) is 0 Å². The summed E-state index contributed by atoms with van der Waals surface area (Å²) in [6.07, 6.45) is 11.6. The van der Waals surface area contributed by atoms with Gasteiger partial charge in [0.05, 0.1) is 8.07 Å². The third-order valence-electron chi connectivity index (χ3n) is 7.04. The Morgan fingerprint density at radius 3 is 1.97 bits per heavy atom. The van der Waals surface area contributed by atoms with Crippen molar-refractivity contribution >= 4 is 30.5 Å². The Balaban J connectivity index is 1.87. The van der Waals surface area contributed by atoms with E-state index in [1.54, 1.807) is 0 Å². The lowest BCUT2D eigenvalue weighted by Crippen LogP contribution is -2.52. The highest BCUT2D eigenvalue weighted by Crippen LogP contribution is 2.31. The lowest BCUT2D eigenvalue weighted by Gasteiger charge is -2.26. The maximum atomic E-state index is 3.83. The molecule has 0 saturated carbocycles. The fourth-order valence-corrected chi connectivity index (χ4v) is 7.64. The molecule has 0 aromatic heterocycles. The van der Waals surface area contributed by atoms with Crippen LogP contribution in [0.2, 0.25) is 19.6 Å². The van der Waals surface area contributed by atoms with Crippen LogP contribution in [-0.4, -0.2) is 8.07 Å². The molecule has 0 heterocycles. The summed E-state index contributed by atoms with van der Waals surface area (Å²) in [5.41, 5.74) is 10.5. The van der Waals surface area contributed by atoms with Crippen LogP contribution in [0.15, 0.2) is 109 Å². The molecule has 1 heteroatoms. The lowest BCUT2D eigenvalue weighted by molar-refractivity contribution is 1.40. The van der Waals surface area contributed by atoms with Gasteiger partial charge in [0.1, 0.15) is 0 Å². The average Bonchev–Trinajstić information content (AvgIpc) is 3.52. The van der Waals surface area contributed by atoms with E-state index in [0.717, 1.165) is 6.42 Å². The van der Waals surface area contributed by atoms with E-state index in [1.165, 1.54) is 60.2 Å². The summed E-state index contributed by atoms with van der Waals surface area (Å²) in [6.45, 7) is 7.46. The molecular weight excluding hydrogens is 436 g/mol. The quantitative estimate of drug-likeness (QED) is 0.266. The number of benzene rings is 4. The molecule has 6 rings (SSSR count). The topological polar surface area (TPSA) is 0 Å². The number of hydrogen-bond acceptors (Lipinski definition) is 0. The van der Waals surface area contributed by atoms with Crippen molar-refractivity contribution in [3.63, 3.8) is 0 Å². The van der Waals surface area contributed by atoms with Gasteiger partial charge in [0.25, 0.3) is 0 Å². The molecule has 0 fully saturated rings. The van der Waals surface area contributed by atoms with Crippen molar-refractivity contribution in [2.75, 3.05) is 0 Å². The summed E-state index contributed by atoms with van der Waals surface area (Å²) in [7, 11) is -1.79. The van der Waals surface area contributed by atoms with Gasteiger partial charge in [-0.15, -0.1) is 0 Å². The zero-order valence-corrected chi connectivity index (χ0v) is 21.6. The minimum atomic E-state index is -1.79. The Kier molecular flexibility index (Phi) is 5.31. The molecule has 0 bridgehead atoms. The number of allylic oxidation sites excluding steroid dienone is 4. The fraction of sp³-hybridized carbons (Fsp3) is 0.118. The smallest absolute Gasteiger partial charge is 0.0792 e. The van der Waals surface area contributed by atoms with E-state index in [0.29, 0.717) is 0 Å². The van der Waals surface area contributed by atoms with Gasteiger partial charge in [0.15, 0.2) is 0 Å². The van der Waals surface area contributed by atoms with E-state index in [-0.39, 0.29) is 0 Å². The normalized spacial score (nSPS) is 13.7. The third kappa shape index (κ3) is 3.77. The first-order valence-electron chi connectivity index (χ1n) is 12.4. The Morgan fingerprint density at radius 1 is 0.743 bits per heavy atom. The Morgan fingerprint density at radius 2 is 1.37 bits per heavy atom. The standard InChI is InChI=1S/C34H29Si/c1-35(2,3)34-31(32(24-14-6-4-7-15-24)25-16-8-5-9-17-25)23-29-28-21-13-12-20-27(28)22-30(29)33(34)26-18-10-11-19-26/h4-18,20-21,23H,19H2,1-3H3. The Hall–Kier alpha value is -3.68. The monoisotopic (exact) mass is 465 g/mol. The van der Waals surface area contributed by atoms with Crippen LogP contribution in [0.3, 0.4) is 0 Å². The number of rotatable bonds is 4. The fourth-order valence-electron chi connectivity index (χ4n) is 5.60. The van der Waals surface area contributed by atoms with Gasteiger partial charge in [-0.05, 0) is 78.7 Å². The van der Waals surface area contributed by atoms with E-state index < -0.39 is 8.07 Å². The summed E-state index contributed by atoms with van der Waals surface area (Å²) < 4.78 is 0. The van der Waals surface area contributed by atoms with Crippen molar-refractivity contribution < 1.29 is 0 Å². The van der Waals surface area contributed by atoms with Crippen molar-refractivity contribution in [2.24, 2.45) is 0 Å². The molecule has 0 spiro atoms. The zero-order chi connectivity index (χ0) is 24.0. The van der Waals surface area contributed by atoms with Gasteiger partial charge in [0, 0.05) is 0 Å². The molecule has 4 aromatic carbocycles. The molecule has 0 aliphatic heterocycles. The van der Waals surface area contributed by atoms with Crippen LogP contribution in [0.1, 0.15) is 28.7 Å². The molecule has 0 saturated heterocycles. The van der Waals surface area contributed by atoms with Crippen LogP contribution in [-0.2, 0) is 0 Å². The lowest BCUT2D eigenvalue weighted by atomic mass is 9.91. The van der Waals surface area contributed by atoms with Gasteiger partial charge in [-0.25, -0.2) is 0 Å². The highest BCUT2D eigenvalue weighted by molar-refractivity contribution is 6.89. The molecule has 2 aliphatic rings. The first-order chi connectivity index (χ1) is 17.0. The molecule has 35 heavy (non-hydrogen) atoms. The summed E-state index contributed by atoms with van der Waals surface area (Å²) in [4.78, 5) is 0. The van der Waals surface area contributed by atoms with Crippen LogP contribution in [0, 0.1) is 0 Å². The molecule has 2 aliphatic carbocycles. The maximum Gasteiger partial charge on any atom is 0.0792 e. The van der Waals surface area contributed by atoms with Crippen LogP contribution >= 0.6 is 0 Å². The van der Waals surface area contributed by atoms with Crippen molar-refractivity contribution in [1.29, 1.82) is 0 Å². The third-order valence-corrected chi connectivity index (χ3v) is 9.06. The molecule has 0 N–H and O–H groups in total. The summed E-state index contributed by atoms with van der Waals surface area (Å²) in [5, 5.41) is 4.19. The first-order valence-corrected chi connectivity index (χ1v) is 15.9. The van der Waals surface area contributed by atoms with Gasteiger partial charge in [-0.2, -0.15) is 0 Å². The van der Waals surface area contributed by atoms with E-state index >= 15 is 0 Å². The summed E-state index contributed by atoms with van der Waals surface area (Å²) in [5.74, 6) is 0. The average molecular weight is 466 g/mol. The molecule has 0 unspecified atom stereocenters. The van der Waals surface area contributed by atoms with Crippen molar-refractivity contribution in [2.45, 2.75) is 26.1 Å².